The molecule has 1 aliphatic rings. The van der Waals surface area contributed by atoms with Crippen molar-refractivity contribution in [2.45, 2.75) is 32.5 Å². The van der Waals surface area contributed by atoms with Crippen LogP contribution < -0.4 is 10.6 Å². The molecule has 5 nitrogen and oxygen atoms in total. The van der Waals surface area contributed by atoms with Crippen LogP contribution in [0.3, 0.4) is 0 Å². The molecule has 1 aromatic carbocycles. The molecular weight excluding hydrogens is 274 g/mol. The summed E-state index contributed by atoms with van der Waals surface area (Å²) in [6.07, 6.45) is 5.02. The maximum Gasteiger partial charge on any atom is 0.191 e. The number of guanidine groups is 1. The van der Waals surface area contributed by atoms with Gasteiger partial charge in [0.2, 0.25) is 0 Å². The van der Waals surface area contributed by atoms with Crippen molar-refractivity contribution in [3.63, 3.8) is 0 Å². The molecule has 22 heavy (non-hydrogen) atoms. The van der Waals surface area contributed by atoms with Gasteiger partial charge < -0.3 is 10.6 Å². The first-order chi connectivity index (χ1) is 10.7. The molecule has 5 heteroatoms. The van der Waals surface area contributed by atoms with Crippen molar-refractivity contribution in [1.29, 1.82) is 0 Å². The molecule has 1 saturated carbocycles. The Morgan fingerprint density at radius 2 is 2.18 bits per heavy atom. The molecule has 2 N–H and O–H groups in total. The van der Waals surface area contributed by atoms with Gasteiger partial charge in [-0.3, -0.25) is 9.67 Å². The number of benzene rings is 1. The van der Waals surface area contributed by atoms with Crippen molar-refractivity contribution in [1.82, 2.24) is 20.4 Å². The average molecular weight is 297 g/mol. The van der Waals surface area contributed by atoms with Crippen LogP contribution in [0.5, 0.6) is 0 Å². The van der Waals surface area contributed by atoms with Crippen molar-refractivity contribution in [3.8, 4) is 0 Å². The van der Waals surface area contributed by atoms with Crippen LogP contribution in [0.1, 0.15) is 24.5 Å². The Kier molecular flexibility index (Phi) is 4.42. The topological polar surface area (TPSA) is 54.2 Å². The van der Waals surface area contributed by atoms with Crippen molar-refractivity contribution < 1.29 is 0 Å². The van der Waals surface area contributed by atoms with E-state index in [1.54, 1.807) is 6.20 Å². The fourth-order valence-electron chi connectivity index (χ4n) is 2.50. The molecule has 0 saturated heterocycles. The molecule has 2 aromatic rings. The Morgan fingerprint density at radius 1 is 1.36 bits per heavy atom. The largest absolute Gasteiger partial charge is 0.353 e. The molecule has 2 unspecified atom stereocenters. The highest BCUT2D eigenvalue weighted by Gasteiger charge is 2.33. The zero-order valence-corrected chi connectivity index (χ0v) is 13.2. The first-order valence-corrected chi connectivity index (χ1v) is 7.77. The number of rotatable bonds is 5. The Morgan fingerprint density at radius 3 is 2.86 bits per heavy atom. The van der Waals surface area contributed by atoms with Crippen molar-refractivity contribution in [3.05, 3.63) is 53.9 Å². The zero-order chi connectivity index (χ0) is 15.4. The molecule has 0 aliphatic heterocycles. The molecule has 3 rings (SSSR count). The van der Waals surface area contributed by atoms with Crippen LogP contribution in [0.2, 0.25) is 0 Å². The summed E-state index contributed by atoms with van der Waals surface area (Å²) in [5.74, 6) is 1.64. The summed E-state index contributed by atoms with van der Waals surface area (Å²) < 4.78 is 1.93. The highest BCUT2D eigenvalue weighted by molar-refractivity contribution is 5.80. The highest BCUT2D eigenvalue weighted by atomic mass is 15.3. The van der Waals surface area contributed by atoms with E-state index in [2.05, 4.69) is 51.9 Å². The number of hydrogen-bond acceptors (Lipinski definition) is 2. The van der Waals surface area contributed by atoms with Crippen LogP contribution >= 0.6 is 0 Å². The maximum absolute atomic E-state index is 4.28. The van der Waals surface area contributed by atoms with Gasteiger partial charge in [0.1, 0.15) is 0 Å². The third-order valence-electron chi connectivity index (χ3n) is 4.01. The molecule has 0 bridgehead atoms. The highest BCUT2D eigenvalue weighted by Crippen LogP contribution is 2.28. The van der Waals surface area contributed by atoms with Crippen LogP contribution in [0.15, 0.2) is 47.7 Å². The van der Waals surface area contributed by atoms with Crippen LogP contribution in [0.25, 0.3) is 0 Å². The number of aliphatic imine (C=N–C) groups is 1. The molecule has 1 fully saturated rings. The average Bonchev–Trinajstić information content (AvgIpc) is 2.99. The van der Waals surface area contributed by atoms with E-state index in [9.17, 15) is 0 Å². The fourth-order valence-corrected chi connectivity index (χ4v) is 2.50. The van der Waals surface area contributed by atoms with Crippen LogP contribution in [0, 0.1) is 5.92 Å². The van der Waals surface area contributed by atoms with Crippen molar-refractivity contribution in [2.24, 2.45) is 10.9 Å². The molecule has 1 aliphatic carbocycles. The lowest BCUT2D eigenvalue weighted by Crippen LogP contribution is -2.38. The van der Waals surface area contributed by atoms with Gasteiger partial charge in [-0.05, 0) is 29.5 Å². The lowest BCUT2D eigenvalue weighted by molar-refractivity contribution is 0.685. The molecule has 1 heterocycles. The molecule has 2 atom stereocenters. The Balaban J connectivity index is 1.55. The molecule has 1 aromatic heterocycles. The number of nitrogens with one attached hydrogen (secondary N) is 2. The van der Waals surface area contributed by atoms with Crippen LogP contribution in [0.4, 0.5) is 0 Å². The molecule has 0 amide bonds. The second-order valence-electron chi connectivity index (χ2n) is 5.91. The lowest BCUT2D eigenvalue weighted by atomic mass is 10.1. The van der Waals surface area contributed by atoms with Gasteiger partial charge in [-0.15, -0.1) is 0 Å². The van der Waals surface area contributed by atoms with E-state index in [0.29, 0.717) is 6.04 Å². The fraction of sp³-hybridized carbons (Fsp3) is 0.412. The van der Waals surface area contributed by atoms with E-state index in [-0.39, 0.29) is 0 Å². The molecular formula is C17H23N5. The lowest BCUT2D eigenvalue weighted by Gasteiger charge is -2.12. The van der Waals surface area contributed by atoms with Gasteiger partial charge >= 0.3 is 0 Å². The summed E-state index contributed by atoms with van der Waals surface area (Å²) in [6, 6.07) is 11.1. The van der Waals surface area contributed by atoms with Gasteiger partial charge in [-0.25, -0.2) is 0 Å². The van der Waals surface area contributed by atoms with E-state index in [4.69, 9.17) is 0 Å². The number of aromatic nitrogens is 2. The van der Waals surface area contributed by atoms with Gasteiger partial charge in [-0.1, -0.05) is 31.2 Å². The monoisotopic (exact) mass is 297 g/mol. The van der Waals surface area contributed by atoms with E-state index in [1.165, 1.54) is 17.5 Å². The summed E-state index contributed by atoms with van der Waals surface area (Å²) in [5, 5.41) is 11.1. The Hall–Kier alpha value is -2.30. The van der Waals surface area contributed by atoms with Crippen LogP contribution in [-0.4, -0.2) is 28.8 Å². The summed E-state index contributed by atoms with van der Waals surface area (Å²) in [7, 11) is 1.82. The summed E-state index contributed by atoms with van der Waals surface area (Å²) in [4.78, 5) is 4.28. The van der Waals surface area contributed by atoms with Gasteiger partial charge in [0.15, 0.2) is 5.96 Å². The molecule has 0 spiro atoms. The number of nitrogens with zero attached hydrogens (tertiary/aromatic N) is 3. The summed E-state index contributed by atoms with van der Waals surface area (Å²) in [6.45, 7) is 3.82. The third-order valence-corrected chi connectivity index (χ3v) is 4.01. The van der Waals surface area contributed by atoms with Crippen LogP contribution in [-0.2, 0) is 13.1 Å². The van der Waals surface area contributed by atoms with Crippen molar-refractivity contribution in [2.75, 3.05) is 7.05 Å². The minimum Gasteiger partial charge on any atom is -0.353 e. The first kappa shape index (κ1) is 14.6. The van der Waals surface area contributed by atoms with E-state index in [0.717, 1.165) is 25.0 Å². The first-order valence-electron chi connectivity index (χ1n) is 7.77. The summed E-state index contributed by atoms with van der Waals surface area (Å²) >= 11 is 0. The van der Waals surface area contributed by atoms with Gasteiger partial charge in [0.25, 0.3) is 0 Å². The predicted octanol–water partition coefficient (Wildman–Crippen LogP) is 2.00. The second-order valence-corrected chi connectivity index (χ2v) is 5.91. The number of hydrogen-bond donors (Lipinski definition) is 2. The Labute approximate surface area is 131 Å². The van der Waals surface area contributed by atoms with Gasteiger partial charge in [0.05, 0.1) is 6.54 Å². The summed E-state index contributed by atoms with van der Waals surface area (Å²) in [5.41, 5.74) is 2.50. The molecule has 116 valence electrons. The van der Waals surface area contributed by atoms with E-state index >= 15 is 0 Å². The molecule has 0 radical (unpaired) electrons. The predicted molar refractivity (Wildman–Crippen MR) is 88.7 cm³/mol. The van der Waals surface area contributed by atoms with Gasteiger partial charge in [0, 0.05) is 32.0 Å². The standard InChI is InChI=1S/C17H23N5/c1-13-9-16(13)21-17(18-2)19-11-14-5-3-6-15(10-14)12-22-8-4-7-20-22/h3-8,10,13,16H,9,11-12H2,1-2H3,(H2,18,19,21). The minimum absolute atomic E-state index is 0.581. The van der Waals surface area contributed by atoms with E-state index < -0.39 is 0 Å². The smallest absolute Gasteiger partial charge is 0.191 e. The zero-order valence-electron chi connectivity index (χ0n) is 13.2. The maximum atomic E-state index is 4.28. The Bertz CT molecular complexity index is 632. The van der Waals surface area contributed by atoms with Crippen molar-refractivity contribution >= 4 is 5.96 Å². The second kappa shape index (κ2) is 6.64. The van der Waals surface area contributed by atoms with E-state index in [1.807, 2.05) is 24.0 Å². The normalized spacial score (nSPS) is 20.7. The SMILES string of the molecule is CN=C(NCc1cccc(Cn2cccn2)c1)NC1CC1C. The van der Waals surface area contributed by atoms with Gasteiger partial charge in [-0.2, -0.15) is 5.10 Å². The quantitative estimate of drug-likeness (QED) is 0.655. The minimum atomic E-state index is 0.581. The third kappa shape index (κ3) is 3.87.